The fourth-order valence-corrected chi connectivity index (χ4v) is 2.77. The van der Waals surface area contributed by atoms with Crippen molar-refractivity contribution in [2.45, 2.75) is 45.6 Å². The molecule has 1 atom stereocenters. The van der Waals surface area contributed by atoms with E-state index in [1.54, 1.807) is 6.33 Å². The number of anilines is 1. The number of likely N-dealkylation sites (tertiary alicyclic amines) is 1. The molecule has 1 aliphatic rings. The molecule has 2 rings (SSSR count). The Kier molecular flexibility index (Phi) is 5.73. The molecule has 0 aliphatic carbocycles. The number of aliphatic hydroxyl groups is 1. The summed E-state index contributed by atoms with van der Waals surface area (Å²) >= 11 is 0. The molecule has 5 nitrogen and oxygen atoms in total. The molecule has 1 saturated heterocycles. The summed E-state index contributed by atoms with van der Waals surface area (Å²) in [6, 6.07) is 0.367. The highest BCUT2D eigenvalue weighted by atomic mass is 16.3. The quantitative estimate of drug-likeness (QED) is 0.776. The summed E-state index contributed by atoms with van der Waals surface area (Å²) in [5.41, 5.74) is 2.15. The summed E-state index contributed by atoms with van der Waals surface area (Å²) in [7, 11) is 0. The Morgan fingerprint density at radius 2 is 2.20 bits per heavy atom. The molecule has 0 amide bonds. The van der Waals surface area contributed by atoms with Gasteiger partial charge in [0.15, 0.2) is 0 Å². The second kappa shape index (κ2) is 7.55. The first kappa shape index (κ1) is 15.2. The zero-order valence-corrected chi connectivity index (χ0v) is 12.6. The van der Waals surface area contributed by atoms with Crippen LogP contribution in [0.2, 0.25) is 0 Å². The normalized spacial score (nSPS) is 20.1. The van der Waals surface area contributed by atoms with Crippen LogP contribution in [0.5, 0.6) is 0 Å². The maximum absolute atomic E-state index is 9.39. The van der Waals surface area contributed by atoms with E-state index in [2.05, 4.69) is 20.2 Å². The van der Waals surface area contributed by atoms with E-state index >= 15 is 0 Å². The number of rotatable bonds is 6. The van der Waals surface area contributed by atoms with Crippen LogP contribution in [-0.4, -0.2) is 52.3 Å². The highest BCUT2D eigenvalue weighted by Gasteiger charge is 2.20. The average molecular weight is 278 g/mol. The molecule has 1 aromatic rings. The lowest BCUT2D eigenvalue weighted by atomic mass is 10.0. The summed E-state index contributed by atoms with van der Waals surface area (Å²) in [4.78, 5) is 10.9. The summed E-state index contributed by atoms with van der Waals surface area (Å²) in [5, 5.41) is 12.8. The Labute approximate surface area is 121 Å². The van der Waals surface area contributed by atoms with Crippen molar-refractivity contribution in [3.8, 4) is 0 Å². The Morgan fingerprint density at radius 1 is 1.35 bits per heavy atom. The van der Waals surface area contributed by atoms with E-state index in [4.69, 9.17) is 0 Å². The van der Waals surface area contributed by atoms with Crippen molar-refractivity contribution in [3.63, 3.8) is 0 Å². The number of aliphatic hydroxyl groups excluding tert-OH is 1. The predicted octanol–water partition coefficient (Wildman–Crippen LogP) is 1.74. The van der Waals surface area contributed by atoms with Crippen LogP contribution in [0.25, 0.3) is 0 Å². The van der Waals surface area contributed by atoms with E-state index in [0.29, 0.717) is 6.04 Å². The second-order valence-corrected chi connectivity index (χ2v) is 5.58. The number of nitrogens with zero attached hydrogens (tertiary/aromatic N) is 3. The van der Waals surface area contributed by atoms with Crippen molar-refractivity contribution < 1.29 is 5.11 Å². The van der Waals surface area contributed by atoms with Crippen LogP contribution >= 0.6 is 0 Å². The van der Waals surface area contributed by atoms with Crippen LogP contribution in [0, 0.1) is 13.8 Å². The van der Waals surface area contributed by atoms with Gasteiger partial charge >= 0.3 is 0 Å². The summed E-state index contributed by atoms with van der Waals surface area (Å²) in [6.07, 6.45) is 6.32. The van der Waals surface area contributed by atoms with E-state index in [-0.39, 0.29) is 6.61 Å². The van der Waals surface area contributed by atoms with Gasteiger partial charge in [0.05, 0.1) is 6.61 Å². The first-order chi connectivity index (χ1) is 9.72. The third kappa shape index (κ3) is 3.90. The highest BCUT2D eigenvalue weighted by molar-refractivity contribution is 5.44. The lowest BCUT2D eigenvalue weighted by molar-refractivity contribution is 0.0901. The number of nitrogens with one attached hydrogen (secondary N) is 1. The summed E-state index contributed by atoms with van der Waals surface area (Å²) in [6.45, 7) is 7.41. The monoisotopic (exact) mass is 278 g/mol. The molecule has 20 heavy (non-hydrogen) atoms. The topological polar surface area (TPSA) is 61.3 Å². The second-order valence-electron chi connectivity index (χ2n) is 5.58. The molecule has 1 fully saturated rings. The smallest absolute Gasteiger partial charge is 0.132 e. The van der Waals surface area contributed by atoms with Gasteiger partial charge in [-0.1, -0.05) is 6.42 Å². The molecule has 0 unspecified atom stereocenters. The molecule has 1 aromatic heterocycles. The SMILES string of the molecule is Cc1ncnc(NCCCN2CCCC[C@@H]2CO)c1C. The Bertz CT molecular complexity index is 424. The summed E-state index contributed by atoms with van der Waals surface area (Å²) in [5.74, 6) is 0.940. The Hall–Kier alpha value is -1.20. The molecule has 0 spiro atoms. The third-order valence-electron chi connectivity index (χ3n) is 4.21. The molecule has 0 bridgehead atoms. The van der Waals surface area contributed by atoms with Crippen molar-refractivity contribution in [1.29, 1.82) is 0 Å². The fraction of sp³-hybridized carbons (Fsp3) is 0.733. The number of hydrogen-bond donors (Lipinski definition) is 2. The molecule has 0 saturated carbocycles. The van der Waals surface area contributed by atoms with Gasteiger partial charge in [-0.15, -0.1) is 0 Å². The van der Waals surface area contributed by atoms with Crippen molar-refractivity contribution in [1.82, 2.24) is 14.9 Å². The molecular formula is C15H26N4O. The van der Waals surface area contributed by atoms with Gasteiger partial charge in [-0.25, -0.2) is 9.97 Å². The zero-order valence-electron chi connectivity index (χ0n) is 12.6. The Morgan fingerprint density at radius 3 is 3.00 bits per heavy atom. The van der Waals surface area contributed by atoms with Gasteiger partial charge in [-0.3, -0.25) is 4.90 Å². The number of aryl methyl sites for hydroxylation is 1. The van der Waals surface area contributed by atoms with Crippen LogP contribution in [0.1, 0.15) is 36.9 Å². The molecule has 2 heterocycles. The van der Waals surface area contributed by atoms with Crippen LogP contribution < -0.4 is 5.32 Å². The molecular weight excluding hydrogens is 252 g/mol. The standard InChI is InChI=1S/C15H26N4O/c1-12-13(2)17-11-18-15(12)16-7-5-9-19-8-4-3-6-14(19)10-20/h11,14,20H,3-10H2,1-2H3,(H,16,17,18)/t14-/m1/s1. The van der Waals surface area contributed by atoms with Crippen LogP contribution in [0.3, 0.4) is 0 Å². The number of piperidine rings is 1. The van der Waals surface area contributed by atoms with Crippen molar-refractivity contribution in [2.24, 2.45) is 0 Å². The minimum atomic E-state index is 0.289. The maximum Gasteiger partial charge on any atom is 0.132 e. The molecule has 5 heteroatoms. The largest absolute Gasteiger partial charge is 0.395 e. The van der Waals surface area contributed by atoms with Crippen LogP contribution in [0.4, 0.5) is 5.82 Å². The van der Waals surface area contributed by atoms with Gasteiger partial charge in [0.25, 0.3) is 0 Å². The van der Waals surface area contributed by atoms with E-state index in [1.807, 2.05) is 13.8 Å². The predicted molar refractivity (Wildman–Crippen MR) is 80.9 cm³/mol. The fourth-order valence-electron chi connectivity index (χ4n) is 2.77. The number of aromatic nitrogens is 2. The minimum absolute atomic E-state index is 0.289. The summed E-state index contributed by atoms with van der Waals surface area (Å²) < 4.78 is 0. The lowest BCUT2D eigenvalue weighted by Gasteiger charge is -2.34. The van der Waals surface area contributed by atoms with Crippen molar-refractivity contribution >= 4 is 5.82 Å². The maximum atomic E-state index is 9.39. The lowest BCUT2D eigenvalue weighted by Crippen LogP contribution is -2.42. The molecule has 2 N–H and O–H groups in total. The van der Waals surface area contributed by atoms with Gasteiger partial charge < -0.3 is 10.4 Å². The number of hydrogen-bond acceptors (Lipinski definition) is 5. The zero-order chi connectivity index (χ0) is 14.4. The molecule has 1 aliphatic heterocycles. The van der Waals surface area contributed by atoms with Gasteiger partial charge in [0.2, 0.25) is 0 Å². The van der Waals surface area contributed by atoms with Gasteiger partial charge in [0, 0.05) is 30.4 Å². The first-order valence-electron chi connectivity index (χ1n) is 7.59. The molecule has 0 radical (unpaired) electrons. The van der Waals surface area contributed by atoms with Gasteiger partial charge in [0.1, 0.15) is 12.1 Å². The van der Waals surface area contributed by atoms with Gasteiger partial charge in [-0.2, -0.15) is 0 Å². The first-order valence-corrected chi connectivity index (χ1v) is 7.59. The van der Waals surface area contributed by atoms with E-state index in [1.165, 1.54) is 12.8 Å². The average Bonchev–Trinajstić information content (AvgIpc) is 2.48. The highest BCUT2D eigenvalue weighted by Crippen LogP contribution is 2.17. The van der Waals surface area contributed by atoms with Gasteiger partial charge in [-0.05, 0) is 39.7 Å². The van der Waals surface area contributed by atoms with E-state index in [0.717, 1.165) is 49.6 Å². The molecule has 112 valence electrons. The van der Waals surface area contributed by atoms with Crippen LogP contribution in [0.15, 0.2) is 6.33 Å². The third-order valence-corrected chi connectivity index (χ3v) is 4.21. The Balaban J connectivity index is 1.74. The van der Waals surface area contributed by atoms with E-state index < -0.39 is 0 Å². The van der Waals surface area contributed by atoms with Crippen LogP contribution in [-0.2, 0) is 0 Å². The van der Waals surface area contributed by atoms with E-state index in [9.17, 15) is 5.11 Å². The molecule has 0 aromatic carbocycles. The minimum Gasteiger partial charge on any atom is -0.395 e. The van der Waals surface area contributed by atoms with Crippen molar-refractivity contribution in [2.75, 3.05) is 31.6 Å². The van der Waals surface area contributed by atoms with Crippen molar-refractivity contribution in [3.05, 3.63) is 17.6 Å².